The van der Waals surface area contributed by atoms with Crippen LogP contribution >= 0.6 is 0 Å². The van der Waals surface area contributed by atoms with Crippen LogP contribution in [0.2, 0.25) is 0 Å². The van der Waals surface area contributed by atoms with Crippen molar-refractivity contribution in [1.82, 2.24) is 10.3 Å². The average Bonchev–Trinajstić information content (AvgIpc) is 2.73. The molecule has 6 heteroatoms. The standard InChI is InChI=1S/C12H15N3O3/c1-3-13-7-11(16)15(2)8-4-5-9-10(6-8)18-12(17)14-9/h4-6,13H,3,7H2,1-2H3,(H,14,17). The van der Waals surface area contributed by atoms with Gasteiger partial charge in [-0.05, 0) is 18.7 Å². The Balaban J connectivity index is 2.24. The van der Waals surface area contributed by atoms with Crippen molar-refractivity contribution < 1.29 is 9.21 Å². The summed E-state index contributed by atoms with van der Waals surface area (Å²) < 4.78 is 4.95. The number of carbonyl (C=O) groups excluding carboxylic acids is 1. The maximum absolute atomic E-state index is 11.8. The van der Waals surface area contributed by atoms with Crippen molar-refractivity contribution in [3.63, 3.8) is 0 Å². The Morgan fingerprint density at radius 1 is 1.50 bits per heavy atom. The van der Waals surface area contributed by atoms with E-state index < -0.39 is 5.76 Å². The first-order valence-electron chi connectivity index (χ1n) is 5.72. The molecule has 0 fully saturated rings. The summed E-state index contributed by atoms with van der Waals surface area (Å²) in [6, 6.07) is 5.14. The number of carbonyl (C=O) groups is 1. The van der Waals surface area contributed by atoms with Gasteiger partial charge in [-0.1, -0.05) is 6.92 Å². The molecular weight excluding hydrogens is 234 g/mol. The second-order valence-electron chi connectivity index (χ2n) is 3.93. The molecular formula is C12H15N3O3. The molecule has 0 radical (unpaired) electrons. The number of aromatic amines is 1. The van der Waals surface area contributed by atoms with Gasteiger partial charge in [0.1, 0.15) is 0 Å². The quantitative estimate of drug-likeness (QED) is 0.835. The fourth-order valence-electron chi connectivity index (χ4n) is 1.64. The summed E-state index contributed by atoms with van der Waals surface area (Å²) in [6.07, 6.45) is 0. The molecule has 2 aromatic rings. The molecule has 0 saturated heterocycles. The van der Waals surface area contributed by atoms with E-state index in [4.69, 9.17) is 4.42 Å². The number of nitrogens with zero attached hydrogens (tertiary/aromatic N) is 1. The molecule has 0 spiro atoms. The normalized spacial score (nSPS) is 10.8. The highest BCUT2D eigenvalue weighted by molar-refractivity contribution is 5.95. The third kappa shape index (κ3) is 2.43. The molecule has 1 heterocycles. The number of oxazole rings is 1. The molecule has 2 rings (SSSR count). The van der Waals surface area contributed by atoms with Crippen molar-refractivity contribution >= 4 is 22.7 Å². The molecule has 2 N–H and O–H groups in total. The molecule has 0 aliphatic rings. The van der Waals surface area contributed by atoms with Gasteiger partial charge in [0.25, 0.3) is 0 Å². The van der Waals surface area contributed by atoms with Crippen LogP contribution < -0.4 is 16.0 Å². The minimum absolute atomic E-state index is 0.0471. The van der Waals surface area contributed by atoms with Crippen LogP contribution in [0.3, 0.4) is 0 Å². The summed E-state index contributed by atoms with van der Waals surface area (Å²) in [5.41, 5.74) is 1.75. The fourth-order valence-corrected chi connectivity index (χ4v) is 1.64. The number of H-pyrrole nitrogens is 1. The molecule has 0 atom stereocenters. The number of benzene rings is 1. The Labute approximate surface area is 104 Å². The first-order chi connectivity index (χ1) is 8.61. The van der Waals surface area contributed by atoms with Crippen molar-refractivity contribution in [3.8, 4) is 0 Å². The molecule has 0 bridgehead atoms. The number of likely N-dealkylation sites (N-methyl/N-ethyl adjacent to an activating group) is 2. The second-order valence-corrected chi connectivity index (χ2v) is 3.93. The zero-order valence-electron chi connectivity index (χ0n) is 10.3. The molecule has 0 aliphatic carbocycles. The van der Waals surface area contributed by atoms with E-state index in [9.17, 15) is 9.59 Å². The van der Waals surface area contributed by atoms with E-state index in [-0.39, 0.29) is 12.5 Å². The van der Waals surface area contributed by atoms with Gasteiger partial charge in [-0.25, -0.2) is 4.79 Å². The van der Waals surface area contributed by atoms with Crippen molar-refractivity contribution in [2.24, 2.45) is 0 Å². The third-order valence-corrected chi connectivity index (χ3v) is 2.69. The van der Waals surface area contributed by atoms with E-state index in [1.54, 1.807) is 25.2 Å². The number of hydrogen-bond donors (Lipinski definition) is 2. The van der Waals surface area contributed by atoms with E-state index >= 15 is 0 Å². The molecule has 1 aromatic heterocycles. The monoisotopic (exact) mass is 249 g/mol. The Kier molecular flexibility index (Phi) is 3.47. The summed E-state index contributed by atoms with van der Waals surface area (Å²) in [7, 11) is 1.69. The van der Waals surface area contributed by atoms with Crippen LogP contribution in [-0.2, 0) is 4.79 Å². The van der Waals surface area contributed by atoms with E-state index in [1.807, 2.05) is 6.92 Å². The number of anilines is 1. The van der Waals surface area contributed by atoms with Gasteiger partial charge >= 0.3 is 5.76 Å². The van der Waals surface area contributed by atoms with E-state index in [1.165, 1.54) is 4.90 Å². The van der Waals surface area contributed by atoms with E-state index in [0.717, 1.165) is 6.54 Å². The van der Waals surface area contributed by atoms with Crippen molar-refractivity contribution in [2.45, 2.75) is 6.92 Å². The Morgan fingerprint density at radius 3 is 3.00 bits per heavy atom. The minimum atomic E-state index is -0.497. The maximum atomic E-state index is 11.8. The Hall–Kier alpha value is -2.08. The summed E-state index contributed by atoms with van der Waals surface area (Å²) in [4.78, 5) is 26.9. The van der Waals surface area contributed by atoms with Gasteiger partial charge in [-0.3, -0.25) is 9.78 Å². The van der Waals surface area contributed by atoms with E-state index in [0.29, 0.717) is 16.8 Å². The molecule has 18 heavy (non-hydrogen) atoms. The van der Waals surface area contributed by atoms with Crippen LogP contribution in [0.4, 0.5) is 5.69 Å². The predicted octanol–water partition coefficient (Wildman–Crippen LogP) is 0.693. The molecule has 1 aromatic carbocycles. The smallest absolute Gasteiger partial charge is 0.408 e. The van der Waals surface area contributed by atoms with Gasteiger partial charge in [0.2, 0.25) is 5.91 Å². The summed E-state index contributed by atoms with van der Waals surface area (Å²) >= 11 is 0. The van der Waals surface area contributed by atoms with Crippen LogP contribution in [0, 0.1) is 0 Å². The molecule has 0 aliphatic heterocycles. The van der Waals surface area contributed by atoms with Crippen LogP contribution in [-0.4, -0.2) is 31.0 Å². The maximum Gasteiger partial charge on any atom is 0.417 e. The van der Waals surface area contributed by atoms with Crippen LogP contribution in [0.25, 0.3) is 11.1 Å². The zero-order chi connectivity index (χ0) is 13.1. The lowest BCUT2D eigenvalue weighted by molar-refractivity contribution is -0.117. The summed E-state index contributed by atoms with van der Waals surface area (Å²) in [5.74, 6) is -0.544. The van der Waals surface area contributed by atoms with Crippen molar-refractivity contribution in [1.29, 1.82) is 0 Å². The van der Waals surface area contributed by atoms with Gasteiger partial charge in [-0.15, -0.1) is 0 Å². The zero-order valence-corrected chi connectivity index (χ0v) is 10.3. The van der Waals surface area contributed by atoms with Gasteiger partial charge in [0.15, 0.2) is 5.58 Å². The first-order valence-corrected chi connectivity index (χ1v) is 5.72. The Bertz CT molecular complexity index is 614. The molecule has 96 valence electrons. The van der Waals surface area contributed by atoms with Gasteiger partial charge in [0.05, 0.1) is 12.1 Å². The lowest BCUT2D eigenvalue weighted by atomic mass is 10.2. The number of rotatable bonds is 4. The molecule has 1 amide bonds. The number of fused-ring (bicyclic) bond motifs is 1. The number of amides is 1. The fraction of sp³-hybridized carbons (Fsp3) is 0.333. The van der Waals surface area contributed by atoms with Crippen molar-refractivity contribution in [3.05, 3.63) is 28.7 Å². The molecule has 0 saturated carbocycles. The number of hydrogen-bond acceptors (Lipinski definition) is 4. The van der Waals surface area contributed by atoms with Crippen LogP contribution in [0.5, 0.6) is 0 Å². The highest BCUT2D eigenvalue weighted by Crippen LogP contribution is 2.19. The largest absolute Gasteiger partial charge is 0.417 e. The molecule has 6 nitrogen and oxygen atoms in total. The second kappa shape index (κ2) is 5.05. The number of aromatic nitrogens is 1. The first kappa shape index (κ1) is 12.4. The summed E-state index contributed by atoms with van der Waals surface area (Å²) in [5, 5.41) is 2.97. The molecule has 0 unspecified atom stereocenters. The minimum Gasteiger partial charge on any atom is -0.408 e. The van der Waals surface area contributed by atoms with Crippen molar-refractivity contribution in [2.75, 3.05) is 25.0 Å². The predicted molar refractivity (Wildman–Crippen MR) is 68.8 cm³/mol. The summed E-state index contributed by atoms with van der Waals surface area (Å²) in [6.45, 7) is 2.96. The highest BCUT2D eigenvalue weighted by atomic mass is 16.4. The van der Waals surface area contributed by atoms with Gasteiger partial charge in [-0.2, -0.15) is 0 Å². The lowest BCUT2D eigenvalue weighted by Gasteiger charge is -2.17. The van der Waals surface area contributed by atoms with Crippen LogP contribution in [0.1, 0.15) is 6.92 Å². The van der Waals surface area contributed by atoms with Gasteiger partial charge in [0, 0.05) is 18.8 Å². The lowest BCUT2D eigenvalue weighted by Crippen LogP contribution is -2.35. The SMILES string of the molecule is CCNCC(=O)N(C)c1ccc2[nH]c(=O)oc2c1. The Morgan fingerprint density at radius 2 is 2.28 bits per heavy atom. The van der Waals surface area contributed by atoms with Gasteiger partial charge < -0.3 is 14.6 Å². The third-order valence-electron chi connectivity index (χ3n) is 2.69. The topological polar surface area (TPSA) is 78.3 Å². The highest BCUT2D eigenvalue weighted by Gasteiger charge is 2.11. The number of nitrogens with one attached hydrogen (secondary N) is 2. The average molecular weight is 249 g/mol. The van der Waals surface area contributed by atoms with E-state index in [2.05, 4.69) is 10.3 Å². The van der Waals surface area contributed by atoms with Crippen LogP contribution in [0.15, 0.2) is 27.4 Å².